The maximum Gasteiger partial charge on any atom is 0.416 e. The van der Waals surface area contributed by atoms with Crippen LogP contribution >= 0.6 is 0 Å². The van der Waals surface area contributed by atoms with Gasteiger partial charge >= 0.3 is 6.18 Å². The molecule has 19 heavy (non-hydrogen) atoms. The van der Waals surface area contributed by atoms with E-state index in [-0.39, 0.29) is 12.1 Å². The fourth-order valence-corrected chi connectivity index (χ4v) is 3.43. The molecule has 2 atom stereocenters. The van der Waals surface area contributed by atoms with Gasteiger partial charge in [-0.2, -0.15) is 13.2 Å². The van der Waals surface area contributed by atoms with Crippen LogP contribution in [0.5, 0.6) is 0 Å². The Morgan fingerprint density at radius 2 is 2.05 bits per heavy atom. The van der Waals surface area contributed by atoms with Crippen molar-refractivity contribution in [3.8, 4) is 0 Å². The zero-order valence-electron chi connectivity index (χ0n) is 10.6. The summed E-state index contributed by atoms with van der Waals surface area (Å²) < 4.78 is 39.0. The van der Waals surface area contributed by atoms with E-state index >= 15 is 0 Å². The lowest BCUT2D eigenvalue weighted by atomic mass is 10.0. The van der Waals surface area contributed by atoms with Gasteiger partial charge in [0.2, 0.25) is 0 Å². The quantitative estimate of drug-likeness (QED) is 0.894. The first kappa shape index (κ1) is 12.8. The molecule has 0 amide bonds. The van der Waals surface area contributed by atoms with Crippen molar-refractivity contribution in [3.63, 3.8) is 0 Å². The summed E-state index contributed by atoms with van der Waals surface area (Å²) >= 11 is 0. The number of hydrogen-bond donors (Lipinski definition) is 1. The average Bonchev–Trinajstić information content (AvgIpc) is 2.99. The number of benzene rings is 1. The number of anilines is 1. The lowest BCUT2D eigenvalue weighted by molar-refractivity contribution is -0.138. The van der Waals surface area contributed by atoms with Crippen molar-refractivity contribution < 1.29 is 13.2 Å². The van der Waals surface area contributed by atoms with E-state index in [0.717, 1.165) is 19.4 Å². The molecule has 2 N–H and O–H groups in total. The zero-order valence-corrected chi connectivity index (χ0v) is 10.6. The third-order valence-electron chi connectivity index (χ3n) is 4.36. The first-order chi connectivity index (χ1) is 8.99. The summed E-state index contributed by atoms with van der Waals surface area (Å²) in [6, 6.07) is 4.99. The molecule has 1 aliphatic heterocycles. The number of rotatable bonds is 2. The molecule has 2 unspecified atom stereocenters. The van der Waals surface area contributed by atoms with Crippen LogP contribution in [0.4, 0.5) is 18.9 Å². The molecule has 1 aromatic rings. The lowest BCUT2D eigenvalue weighted by Crippen LogP contribution is -2.32. The molecule has 1 aromatic carbocycles. The van der Waals surface area contributed by atoms with Gasteiger partial charge in [-0.05, 0) is 42.9 Å². The van der Waals surface area contributed by atoms with Crippen molar-refractivity contribution in [1.29, 1.82) is 0 Å². The van der Waals surface area contributed by atoms with E-state index in [2.05, 4.69) is 4.90 Å². The van der Waals surface area contributed by atoms with Gasteiger partial charge in [-0.25, -0.2) is 0 Å². The predicted molar refractivity (Wildman–Crippen MR) is 67.8 cm³/mol. The molecular formula is C14H17F3N2. The van der Waals surface area contributed by atoms with Gasteiger partial charge in [0.05, 0.1) is 5.56 Å². The number of fused-ring (bicyclic) bond motifs is 2. The molecular weight excluding hydrogens is 253 g/mol. The second kappa shape index (κ2) is 4.40. The van der Waals surface area contributed by atoms with Crippen LogP contribution in [0.15, 0.2) is 18.2 Å². The molecule has 1 heterocycles. The van der Waals surface area contributed by atoms with Gasteiger partial charge in [0, 0.05) is 24.8 Å². The van der Waals surface area contributed by atoms with E-state index in [0.29, 0.717) is 17.6 Å². The average molecular weight is 270 g/mol. The van der Waals surface area contributed by atoms with Crippen molar-refractivity contribution in [2.75, 3.05) is 11.4 Å². The van der Waals surface area contributed by atoms with E-state index in [1.807, 2.05) is 0 Å². The van der Waals surface area contributed by atoms with Gasteiger partial charge in [0.1, 0.15) is 0 Å². The molecule has 104 valence electrons. The van der Waals surface area contributed by atoms with Gasteiger partial charge < -0.3 is 10.6 Å². The van der Waals surface area contributed by atoms with Gasteiger partial charge in [0.15, 0.2) is 0 Å². The van der Waals surface area contributed by atoms with Crippen LogP contribution in [0.2, 0.25) is 0 Å². The molecule has 1 saturated heterocycles. The molecule has 0 radical (unpaired) electrons. The predicted octanol–water partition coefficient (Wildman–Crippen LogP) is 3.15. The Morgan fingerprint density at radius 3 is 2.58 bits per heavy atom. The van der Waals surface area contributed by atoms with Crippen molar-refractivity contribution >= 4 is 5.69 Å². The summed E-state index contributed by atoms with van der Waals surface area (Å²) in [6.45, 7) is 0.811. The summed E-state index contributed by atoms with van der Waals surface area (Å²) in [5, 5.41) is 0. The molecule has 2 aliphatic rings. The molecule has 2 nitrogen and oxygen atoms in total. The second-order valence-electron chi connectivity index (χ2n) is 5.53. The minimum atomic E-state index is -4.33. The van der Waals surface area contributed by atoms with Crippen molar-refractivity contribution in [1.82, 2.24) is 0 Å². The fraction of sp³-hybridized carbons (Fsp3) is 0.571. The third kappa shape index (κ3) is 2.20. The van der Waals surface area contributed by atoms with Crippen LogP contribution in [-0.4, -0.2) is 12.6 Å². The highest BCUT2D eigenvalue weighted by Crippen LogP contribution is 2.42. The SMILES string of the molecule is NCc1ccc(N2CC3CCC2C3)cc1C(F)(F)F. The summed E-state index contributed by atoms with van der Waals surface area (Å²) in [5.74, 6) is 0.661. The molecule has 2 fully saturated rings. The Hall–Kier alpha value is -1.23. The molecule has 1 aliphatic carbocycles. The first-order valence-electron chi connectivity index (χ1n) is 6.66. The molecule has 0 spiro atoms. The van der Waals surface area contributed by atoms with E-state index in [9.17, 15) is 13.2 Å². The fourth-order valence-electron chi connectivity index (χ4n) is 3.43. The number of hydrogen-bond acceptors (Lipinski definition) is 2. The topological polar surface area (TPSA) is 29.3 Å². The molecule has 0 aromatic heterocycles. The number of alkyl halides is 3. The molecule has 2 bridgehead atoms. The Labute approximate surface area is 110 Å². The minimum absolute atomic E-state index is 0.0822. The molecule has 1 saturated carbocycles. The smallest absolute Gasteiger partial charge is 0.368 e. The van der Waals surface area contributed by atoms with Crippen LogP contribution < -0.4 is 10.6 Å². The second-order valence-corrected chi connectivity index (χ2v) is 5.53. The first-order valence-corrected chi connectivity index (χ1v) is 6.66. The van der Waals surface area contributed by atoms with Gasteiger partial charge in [-0.1, -0.05) is 6.07 Å². The minimum Gasteiger partial charge on any atom is -0.368 e. The van der Waals surface area contributed by atoms with Crippen molar-refractivity contribution in [2.24, 2.45) is 11.7 Å². The Balaban J connectivity index is 1.95. The highest BCUT2D eigenvalue weighted by atomic mass is 19.4. The van der Waals surface area contributed by atoms with E-state index in [4.69, 9.17) is 5.73 Å². The highest BCUT2D eigenvalue weighted by Gasteiger charge is 2.39. The standard InChI is InChI=1S/C14H17F3N2/c15-14(16,17)13-6-12(4-2-10(13)7-18)19-8-9-1-3-11(19)5-9/h2,4,6,9,11H,1,3,5,7-8,18H2. The van der Waals surface area contributed by atoms with Crippen LogP contribution in [0.1, 0.15) is 30.4 Å². The summed E-state index contributed by atoms with van der Waals surface area (Å²) in [7, 11) is 0. The molecule has 5 heteroatoms. The Morgan fingerprint density at radius 1 is 1.26 bits per heavy atom. The zero-order chi connectivity index (χ0) is 13.6. The summed E-state index contributed by atoms with van der Waals surface area (Å²) in [6.07, 6.45) is -0.887. The highest BCUT2D eigenvalue weighted by molar-refractivity contribution is 5.54. The lowest BCUT2D eigenvalue weighted by Gasteiger charge is -2.30. The van der Waals surface area contributed by atoms with Crippen LogP contribution in [0.3, 0.4) is 0 Å². The van der Waals surface area contributed by atoms with Gasteiger partial charge in [-0.3, -0.25) is 0 Å². The van der Waals surface area contributed by atoms with Crippen LogP contribution in [-0.2, 0) is 12.7 Å². The maximum absolute atomic E-state index is 13.0. The number of nitrogens with zero attached hydrogens (tertiary/aromatic N) is 1. The van der Waals surface area contributed by atoms with E-state index < -0.39 is 11.7 Å². The Bertz CT molecular complexity index is 484. The van der Waals surface area contributed by atoms with Crippen molar-refractivity contribution in [3.05, 3.63) is 29.3 Å². The van der Waals surface area contributed by atoms with E-state index in [1.165, 1.54) is 18.6 Å². The summed E-state index contributed by atoms with van der Waals surface area (Å²) in [5.41, 5.74) is 5.67. The number of nitrogens with two attached hydrogens (primary N) is 1. The number of halogens is 3. The van der Waals surface area contributed by atoms with Crippen molar-refractivity contribution in [2.45, 2.75) is 38.0 Å². The largest absolute Gasteiger partial charge is 0.416 e. The Kier molecular flexibility index (Phi) is 2.96. The third-order valence-corrected chi connectivity index (χ3v) is 4.36. The monoisotopic (exact) mass is 270 g/mol. The number of piperidine rings is 1. The van der Waals surface area contributed by atoms with E-state index in [1.54, 1.807) is 6.07 Å². The normalized spacial score (nSPS) is 26.2. The van der Waals surface area contributed by atoms with Gasteiger partial charge in [-0.15, -0.1) is 0 Å². The van der Waals surface area contributed by atoms with Crippen LogP contribution in [0.25, 0.3) is 0 Å². The molecule has 3 rings (SSSR count). The summed E-state index contributed by atoms with van der Waals surface area (Å²) in [4.78, 5) is 2.13. The van der Waals surface area contributed by atoms with Crippen LogP contribution in [0, 0.1) is 5.92 Å². The maximum atomic E-state index is 13.0. The van der Waals surface area contributed by atoms with Gasteiger partial charge in [0.25, 0.3) is 0 Å².